The Hall–Kier alpha value is -4.03. The van der Waals surface area contributed by atoms with Crippen molar-refractivity contribution in [2.45, 2.75) is 20.1 Å². The van der Waals surface area contributed by atoms with Crippen LogP contribution in [0.4, 0.5) is 4.79 Å². The largest absolute Gasteiger partial charge is 0.493 e. The predicted octanol–water partition coefficient (Wildman–Crippen LogP) is 6.97. The van der Waals surface area contributed by atoms with Gasteiger partial charge in [0.25, 0.3) is 11.1 Å². The molecule has 2 amide bonds. The summed E-state index contributed by atoms with van der Waals surface area (Å²) in [5, 5.41) is 2.02. The maximum absolute atomic E-state index is 13.0. The summed E-state index contributed by atoms with van der Waals surface area (Å²) in [6.45, 7) is 2.60. The van der Waals surface area contributed by atoms with Gasteiger partial charge < -0.3 is 9.47 Å². The van der Waals surface area contributed by atoms with E-state index in [1.54, 1.807) is 13.2 Å². The zero-order valence-electron chi connectivity index (χ0n) is 20.1. The molecule has 0 aliphatic carbocycles. The molecule has 180 valence electrons. The molecule has 1 saturated heterocycles. The van der Waals surface area contributed by atoms with Crippen LogP contribution in [0, 0.1) is 6.92 Å². The van der Waals surface area contributed by atoms with E-state index in [2.05, 4.69) is 18.2 Å². The minimum Gasteiger partial charge on any atom is -0.493 e. The van der Waals surface area contributed by atoms with E-state index in [4.69, 9.17) is 9.47 Å². The maximum atomic E-state index is 13.0. The van der Waals surface area contributed by atoms with E-state index in [1.807, 2.05) is 73.7 Å². The molecule has 1 aliphatic heterocycles. The van der Waals surface area contributed by atoms with Crippen molar-refractivity contribution < 1.29 is 19.1 Å². The van der Waals surface area contributed by atoms with Crippen LogP contribution in [-0.4, -0.2) is 23.2 Å². The number of hydrogen-bond acceptors (Lipinski definition) is 5. The smallest absolute Gasteiger partial charge is 0.293 e. The second-order valence-electron chi connectivity index (χ2n) is 8.53. The summed E-state index contributed by atoms with van der Waals surface area (Å²) in [5.41, 5.74) is 3.82. The minimum absolute atomic E-state index is 0.261. The van der Waals surface area contributed by atoms with Crippen molar-refractivity contribution in [3.8, 4) is 11.5 Å². The predicted molar refractivity (Wildman–Crippen MR) is 144 cm³/mol. The summed E-state index contributed by atoms with van der Waals surface area (Å²) >= 11 is 0.956. The number of imide groups is 1. The van der Waals surface area contributed by atoms with Gasteiger partial charge in [0, 0.05) is 0 Å². The number of rotatable bonds is 7. The lowest BCUT2D eigenvalue weighted by molar-refractivity contribution is -0.123. The van der Waals surface area contributed by atoms with Crippen molar-refractivity contribution in [2.75, 3.05) is 7.11 Å². The van der Waals surface area contributed by atoms with Gasteiger partial charge in [0.05, 0.1) is 18.6 Å². The first-order valence-corrected chi connectivity index (χ1v) is 12.4. The average Bonchev–Trinajstić information content (AvgIpc) is 3.16. The highest BCUT2D eigenvalue weighted by atomic mass is 32.2. The lowest BCUT2D eigenvalue weighted by Gasteiger charge is -2.14. The number of thioether (sulfide) groups is 1. The molecule has 0 unspecified atom stereocenters. The lowest BCUT2D eigenvalue weighted by Crippen LogP contribution is -2.27. The molecule has 0 aromatic heterocycles. The van der Waals surface area contributed by atoms with Crippen molar-refractivity contribution >= 4 is 39.8 Å². The summed E-state index contributed by atoms with van der Waals surface area (Å²) in [5.74, 6) is 0.876. The van der Waals surface area contributed by atoms with E-state index in [-0.39, 0.29) is 17.7 Å². The number of fused-ring (bicyclic) bond motifs is 1. The Morgan fingerprint density at radius 2 is 1.61 bits per heavy atom. The molecule has 36 heavy (non-hydrogen) atoms. The van der Waals surface area contributed by atoms with E-state index in [0.29, 0.717) is 23.0 Å². The van der Waals surface area contributed by atoms with Gasteiger partial charge in [-0.2, -0.15) is 0 Å². The highest BCUT2D eigenvalue weighted by molar-refractivity contribution is 8.18. The molecule has 4 aromatic rings. The van der Waals surface area contributed by atoms with Gasteiger partial charge in [-0.1, -0.05) is 72.8 Å². The van der Waals surface area contributed by atoms with Crippen LogP contribution in [0.5, 0.6) is 11.5 Å². The molecule has 0 atom stereocenters. The van der Waals surface area contributed by atoms with E-state index in [1.165, 1.54) is 4.90 Å². The van der Waals surface area contributed by atoms with Gasteiger partial charge in [0.15, 0.2) is 11.5 Å². The van der Waals surface area contributed by atoms with E-state index >= 15 is 0 Å². The van der Waals surface area contributed by atoms with Gasteiger partial charge in [-0.15, -0.1) is 0 Å². The molecule has 5 rings (SSSR count). The third-order valence-electron chi connectivity index (χ3n) is 6.21. The van der Waals surface area contributed by atoms with Gasteiger partial charge in [0.2, 0.25) is 0 Å². The normalized spacial score (nSPS) is 14.6. The van der Waals surface area contributed by atoms with Crippen LogP contribution in [0.15, 0.2) is 89.8 Å². The van der Waals surface area contributed by atoms with Gasteiger partial charge in [-0.05, 0) is 69.9 Å². The Kier molecular flexibility index (Phi) is 6.78. The molecule has 0 N–H and O–H groups in total. The molecule has 0 bridgehead atoms. The van der Waals surface area contributed by atoms with Gasteiger partial charge in [-0.3, -0.25) is 14.5 Å². The molecule has 1 heterocycles. The fraction of sp³-hybridized carbons (Fsp3) is 0.133. The van der Waals surface area contributed by atoms with Crippen LogP contribution in [0.1, 0.15) is 22.3 Å². The van der Waals surface area contributed by atoms with Gasteiger partial charge in [-0.25, -0.2) is 0 Å². The Balaban J connectivity index is 1.37. The van der Waals surface area contributed by atoms with Gasteiger partial charge >= 0.3 is 0 Å². The zero-order chi connectivity index (χ0) is 25.1. The molecular formula is C30H25NO4S. The molecule has 1 aliphatic rings. The third-order valence-corrected chi connectivity index (χ3v) is 7.12. The van der Waals surface area contributed by atoms with Crippen LogP contribution in [0.2, 0.25) is 0 Å². The summed E-state index contributed by atoms with van der Waals surface area (Å²) in [7, 11) is 1.59. The van der Waals surface area contributed by atoms with Gasteiger partial charge in [0.1, 0.15) is 6.61 Å². The van der Waals surface area contributed by atoms with Crippen molar-refractivity contribution in [3.05, 3.63) is 112 Å². The average molecular weight is 496 g/mol. The fourth-order valence-electron chi connectivity index (χ4n) is 4.22. The number of nitrogens with zero attached hydrogens (tertiary/aromatic N) is 1. The SMILES string of the molecule is COc1ccc(/C=C2\SC(=O)N(Cc3ccccc3C)C2=O)cc1OCc1cccc2ccccc12. The van der Waals surface area contributed by atoms with Crippen LogP contribution in [0.3, 0.4) is 0 Å². The van der Waals surface area contributed by atoms with E-state index < -0.39 is 0 Å². The summed E-state index contributed by atoms with van der Waals surface area (Å²) in [6, 6.07) is 27.6. The van der Waals surface area contributed by atoms with Crippen molar-refractivity contribution in [1.29, 1.82) is 0 Å². The number of methoxy groups -OCH3 is 1. The summed E-state index contributed by atoms with van der Waals surface area (Å²) in [6.07, 6.45) is 1.73. The molecule has 0 spiro atoms. The van der Waals surface area contributed by atoms with Crippen LogP contribution in [0.25, 0.3) is 16.8 Å². The lowest BCUT2D eigenvalue weighted by atomic mass is 10.1. The first-order valence-electron chi connectivity index (χ1n) is 11.6. The Bertz CT molecular complexity index is 1490. The molecule has 0 saturated carbocycles. The summed E-state index contributed by atoms with van der Waals surface area (Å²) in [4.78, 5) is 27.3. The minimum atomic E-state index is -0.290. The van der Waals surface area contributed by atoms with E-state index in [0.717, 1.165) is 44.8 Å². The number of hydrogen-bond donors (Lipinski definition) is 0. The van der Waals surface area contributed by atoms with Crippen molar-refractivity contribution in [2.24, 2.45) is 0 Å². The van der Waals surface area contributed by atoms with Crippen molar-refractivity contribution in [3.63, 3.8) is 0 Å². The number of ether oxygens (including phenoxy) is 2. The fourth-order valence-corrected chi connectivity index (χ4v) is 5.05. The number of carbonyl (C=O) groups is 2. The monoisotopic (exact) mass is 495 g/mol. The Morgan fingerprint density at radius 3 is 2.44 bits per heavy atom. The van der Waals surface area contributed by atoms with Crippen LogP contribution < -0.4 is 9.47 Å². The number of benzene rings is 4. The molecule has 0 radical (unpaired) electrons. The quantitative estimate of drug-likeness (QED) is 0.259. The summed E-state index contributed by atoms with van der Waals surface area (Å²) < 4.78 is 11.7. The number of amides is 2. The zero-order valence-corrected chi connectivity index (χ0v) is 20.9. The number of carbonyl (C=O) groups excluding carboxylic acids is 2. The molecule has 5 nitrogen and oxygen atoms in total. The van der Waals surface area contributed by atoms with E-state index in [9.17, 15) is 9.59 Å². The second-order valence-corrected chi connectivity index (χ2v) is 9.52. The highest BCUT2D eigenvalue weighted by Gasteiger charge is 2.35. The van der Waals surface area contributed by atoms with Crippen molar-refractivity contribution in [1.82, 2.24) is 4.90 Å². The Morgan fingerprint density at radius 1 is 0.861 bits per heavy atom. The molecule has 4 aromatic carbocycles. The molecule has 6 heteroatoms. The van der Waals surface area contributed by atoms with Crippen LogP contribution in [-0.2, 0) is 17.9 Å². The number of aryl methyl sites for hydroxylation is 1. The highest BCUT2D eigenvalue weighted by Crippen LogP contribution is 2.36. The first-order chi connectivity index (χ1) is 17.5. The second kappa shape index (κ2) is 10.3. The standard InChI is InChI=1S/C30H25NO4S/c1-20-8-3-4-10-23(20)18-31-29(32)28(36-30(31)33)17-21-14-15-26(34-2)27(16-21)35-19-24-12-7-11-22-9-5-6-13-25(22)24/h3-17H,18-19H2,1-2H3/b28-17-. The maximum Gasteiger partial charge on any atom is 0.293 e. The molecule has 1 fully saturated rings. The third kappa shape index (κ3) is 4.86. The Labute approximate surface area is 214 Å². The van der Waals surface area contributed by atoms with Crippen LogP contribution >= 0.6 is 11.8 Å². The first kappa shape index (κ1) is 23.7. The topological polar surface area (TPSA) is 55.8 Å². The molecular weight excluding hydrogens is 470 g/mol.